The van der Waals surface area contributed by atoms with Gasteiger partial charge in [-0.15, -0.1) is 0 Å². The minimum atomic E-state index is -3.54. The van der Waals surface area contributed by atoms with Crippen molar-refractivity contribution in [3.8, 4) is 0 Å². The summed E-state index contributed by atoms with van der Waals surface area (Å²) < 4.78 is 27.4. The van der Waals surface area contributed by atoms with Crippen molar-refractivity contribution in [2.75, 3.05) is 40.3 Å². The molecule has 4 rings (SSSR count). The fraction of sp³-hybridized carbons (Fsp3) is 0.714. The molecule has 0 radical (unpaired) electrons. The first-order chi connectivity index (χ1) is 14.3. The molecule has 0 amide bonds. The molecule has 166 valence electrons. The van der Waals surface area contributed by atoms with Gasteiger partial charge in [-0.25, -0.2) is 4.98 Å². The molecule has 2 atom stereocenters. The molecule has 3 aliphatic rings. The van der Waals surface area contributed by atoms with Gasteiger partial charge in [0.1, 0.15) is 5.82 Å². The van der Waals surface area contributed by atoms with Crippen molar-refractivity contribution in [1.82, 2.24) is 23.5 Å². The van der Waals surface area contributed by atoms with Gasteiger partial charge in [-0.1, -0.05) is 12.2 Å². The Hall–Kier alpha value is -1.55. The number of H-pyrrole nitrogens is 1. The monoisotopic (exact) mass is 435 g/mol. The van der Waals surface area contributed by atoms with E-state index in [-0.39, 0.29) is 18.0 Å². The smallest absolute Gasteiger partial charge is 0.281 e. The van der Waals surface area contributed by atoms with Gasteiger partial charge in [0.2, 0.25) is 0 Å². The van der Waals surface area contributed by atoms with Crippen molar-refractivity contribution in [2.24, 2.45) is 5.92 Å². The van der Waals surface area contributed by atoms with E-state index in [2.05, 4.69) is 22.0 Å². The predicted molar refractivity (Wildman–Crippen MR) is 116 cm³/mol. The minimum absolute atomic E-state index is 0.0877. The molecule has 2 unspecified atom stereocenters. The summed E-state index contributed by atoms with van der Waals surface area (Å²) in [7, 11) is -0.519. The van der Waals surface area contributed by atoms with Crippen LogP contribution in [0.2, 0.25) is 0 Å². The first-order valence-corrected chi connectivity index (χ1v) is 12.4. The average molecular weight is 436 g/mol. The van der Waals surface area contributed by atoms with Gasteiger partial charge in [0.25, 0.3) is 15.8 Å². The van der Waals surface area contributed by atoms with E-state index < -0.39 is 10.2 Å². The Morgan fingerprint density at radius 1 is 1.23 bits per heavy atom. The number of hydrogen-bond acceptors (Lipinski definition) is 5. The lowest BCUT2D eigenvalue weighted by Gasteiger charge is -2.35. The van der Waals surface area contributed by atoms with E-state index in [4.69, 9.17) is 4.98 Å². The third-order valence-electron chi connectivity index (χ3n) is 6.63. The summed E-state index contributed by atoms with van der Waals surface area (Å²) >= 11 is 0. The van der Waals surface area contributed by atoms with E-state index in [1.165, 1.54) is 42.0 Å². The molecule has 1 aliphatic carbocycles. The number of hydrogen-bond donors (Lipinski definition) is 1. The maximum atomic E-state index is 12.8. The van der Waals surface area contributed by atoms with Gasteiger partial charge in [-0.3, -0.25) is 4.79 Å². The van der Waals surface area contributed by atoms with Crippen molar-refractivity contribution < 1.29 is 8.42 Å². The van der Waals surface area contributed by atoms with Crippen LogP contribution in [0.4, 0.5) is 0 Å². The van der Waals surface area contributed by atoms with Crippen LogP contribution in [0.5, 0.6) is 0 Å². The van der Waals surface area contributed by atoms with Crippen LogP contribution in [0.25, 0.3) is 0 Å². The van der Waals surface area contributed by atoms with Gasteiger partial charge < -0.3 is 9.88 Å². The third kappa shape index (κ3) is 4.54. The second-order valence-corrected chi connectivity index (χ2v) is 11.1. The Morgan fingerprint density at radius 3 is 2.80 bits per heavy atom. The molecule has 9 heteroatoms. The Morgan fingerprint density at radius 2 is 2.07 bits per heavy atom. The number of aromatic amines is 1. The molecule has 0 aromatic carbocycles. The van der Waals surface area contributed by atoms with Gasteiger partial charge in [0.15, 0.2) is 0 Å². The number of allylic oxidation sites excluding steroid dienone is 2. The van der Waals surface area contributed by atoms with E-state index in [1.807, 2.05) is 0 Å². The van der Waals surface area contributed by atoms with Crippen molar-refractivity contribution in [2.45, 2.75) is 51.0 Å². The molecular weight excluding hydrogens is 402 g/mol. The summed E-state index contributed by atoms with van der Waals surface area (Å²) in [5.74, 6) is 1.74. The Balaban J connectivity index is 1.48. The molecule has 1 fully saturated rings. The van der Waals surface area contributed by atoms with Crippen molar-refractivity contribution >= 4 is 10.2 Å². The van der Waals surface area contributed by atoms with Gasteiger partial charge in [-0.2, -0.15) is 17.0 Å². The lowest BCUT2D eigenvalue weighted by molar-refractivity contribution is 0.171. The van der Waals surface area contributed by atoms with Crippen molar-refractivity contribution in [3.05, 3.63) is 39.6 Å². The molecule has 0 saturated carbocycles. The van der Waals surface area contributed by atoms with E-state index in [1.54, 1.807) is 0 Å². The van der Waals surface area contributed by atoms with Crippen molar-refractivity contribution in [3.63, 3.8) is 0 Å². The van der Waals surface area contributed by atoms with E-state index in [0.29, 0.717) is 18.5 Å². The Labute approximate surface area is 179 Å². The molecule has 1 saturated heterocycles. The lowest BCUT2D eigenvalue weighted by atomic mass is 9.91. The second kappa shape index (κ2) is 8.90. The highest BCUT2D eigenvalue weighted by molar-refractivity contribution is 7.86. The van der Waals surface area contributed by atoms with Crippen LogP contribution in [0.15, 0.2) is 16.9 Å². The van der Waals surface area contributed by atoms with Crippen molar-refractivity contribution in [1.29, 1.82) is 0 Å². The largest absolute Gasteiger partial charge is 0.310 e. The van der Waals surface area contributed by atoms with Crippen LogP contribution in [0, 0.1) is 5.92 Å². The van der Waals surface area contributed by atoms with E-state index in [9.17, 15) is 13.2 Å². The molecule has 3 heterocycles. The molecule has 0 spiro atoms. The molecule has 1 aromatic rings. The van der Waals surface area contributed by atoms with Crippen LogP contribution in [0.3, 0.4) is 0 Å². The molecular formula is C21H33N5O3S. The fourth-order valence-electron chi connectivity index (χ4n) is 4.87. The lowest BCUT2D eigenvalue weighted by Crippen LogP contribution is -2.45. The minimum Gasteiger partial charge on any atom is -0.310 e. The highest BCUT2D eigenvalue weighted by Gasteiger charge is 2.32. The highest BCUT2D eigenvalue weighted by atomic mass is 32.2. The SMILES string of the molecule is CN(C)S(=O)(=O)N1CCc2nc(C3CCCN(CC4CC=CCC4)C3)[nH]c(=O)c2C1. The molecule has 2 aliphatic heterocycles. The van der Waals surface area contributed by atoms with Crippen LogP contribution in [-0.2, 0) is 23.2 Å². The predicted octanol–water partition coefficient (Wildman–Crippen LogP) is 1.47. The highest BCUT2D eigenvalue weighted by Crippen LogP contribution is 2.28. The maximum Gasteiger partial charge on any atom is 0.281 e. The summed E-state index contributed by atoms with van der Waals surface area (Å²) in [5, 5.41) is 0. The normalized spacial score (nSPS) is 26.1. The molecule has 30 heavy (non-hydrogen) atoms. The first-order valence-electron chi connectivity index (χ1n) is 11.0. The molecule has 1 aromatic heterocycles. The first kappa shape index (κ1) is 21.7. The average Bonchev–Trinajstić information content (AvgIpc) is 2.74. The van der Waals surface area contributed by atoms with E-state index in [0.717, 1.165) is 49.9 Å². The topological polar surface area (TPSA) is 89.6 Å². The summed E-state index contributed by atoms with van der Waals surface area (Å²) in [6, 6.07) is 0. The second-order valence-electron chi connectivity index (χ2n) is 9.00. The quantitative estimate of drug-likeness (QED) is 0.708. The third-order valence-corrected chi connectivity index (χ3v) is 8.51. The number of piperidine rings is 1. The molecule has 0 bridgehead atoms. The molecule has 1 N–H and O–H groups in total. The van der Waals surface area contributed by atoms with E-state index >= 15 is 0 Å². The number of aromatic nitrogens is 2. The van der Waals surface area contributed by atoms with Crippen LogP contribution in [0.1, 0.15) is 55.1 Å². The van der Waals surface area contributed by atoms with Crippen LogP contribution < -0.4 is 5.56 Å². The number of nitrogens with zero attached hydrogens (tertiary/aromatic N) is 4. The number of fused-ring (bicyclic) bond motifs is 1. The standard InChI is InChI=1S/C21H33N5O3S/c1-24(2)30(28,29)26-12-10-19-18(15-26)21(27)23-20(22-19)17-9-6-11-25(14-17)13-16-7-4-3-5-8-16/h3-4,16-17H,5-15H2,1-2H3,(H,22,23,27). The van der Waals surface area contributed by atoms with Crippen LogP contribution >= 0.6 is 0 Å². The zero-order valence-corrected chi connectivity index (χ0v) is 18.8. The summed E-state index contributed by atoms with van der Waals surface area (Å²) in [5.41, 5.74) is 1.05. The number of rotatable bonds is 5. The summed E-state index contributed by atoms with van der Waals surface area (Å²) in [4.78, 5) is 23.1. The Kier molecular flexibility index (Phi) is 6.43. The Bertz CT molecular complexity index is 956. The number of likely N-dealkylation sites (tertiary alicyclic amines) is 1. The van der Waals surface area contributed by atoms with Gasteiger partial charge in [0.05, 0.1) is 11.3 Å². The van der Waals surface area contributed by atoms with Crippen LogP contribution in [-0.4, -0.2) is 72.2 Å². The summed E-state index contributed by atoms with van der Waals surface area (Å²) in [6.07, 6.45) is 10.8. The van der Waals surface area contributed by atoms with Gasteiger partial charge >= 0.3 is 0 Å². The maximum absolute atomic E-state index is 12.8. The zero-order valence-electron chi connectivity index (χ0n) is 18.0. The van der Waals surface area contributed by atoms with Gasteiger partial charge in [-0.05, 0) is 44.6 Å². The summed E-state index contributed by atoms with van der Waals surface area (Å²) in [6.45, 7) is 3.61. The van der Waals surface area contributed by atoms with Gasteiger partial charge in [0, 0.05) is 52.6 Å². The number of nitrogens with one attached hydrogen (secondary N) is 1. The fourth-order valence-corrected chi connectivity index (χ4v) is 5.95. The zero-order chi connectivity index (χ0) is 21.3. The molecule has 8 nitrogen and oxygen atoms in total.